The maximum absolute atomic E-state index is 13.0. The van der Waals surface area contributed by atoms with Crippen LogP contribution in [0.25, 0.3) is 0 Å². The summed E-state index contributed by atoms with van der Waals surface area (Å²) in [4.78, 5) is 0. The summed E-state index contributed by atoms with van der Waals surface area (Å²) >= 11 is 0. The van der Waals surface area contributed by atoms with Crippen molar-refractivity contribution < 1.29 is 13.2 Å². The third kappa shape index (κ3) is 3.78. The smallest absolute Gasteiger partial charge is 0.350 e. The van der Waals surface area contributed by atoms with Crippen molar-refractivity contribution in [2.45, 2.75) is 64.3 Å². The number of halogens is 3. The summed E-state index contributed by atoms with van der Waals surface area (Å²) in [7, 11) is 0. The van der Waals surface area contributed by atoms with Gasteiger partial charge < -0.3 is 9.88 Å². The summed E-state index contributed by atoms with van der Waals surface area (Å²) in [6, 6.07) is 3.50. The predicted octanol–water partition coefficient (Wildman–Crippen LogP) is 4.11. The Bertz CT molecular complexity index is 411. The maximum Gasteiger partial charge on any atom is 0.393 e. The molecule has 1 N–H and O–H groups in total. The van der Waals surface area contributed by atoms with E-state index in [2.05, 4.69) is 16.8 Å². The lowest BCUT2D eigenvalue weighted by molar-refractivity contribution is -0.189. The topological polar surface area (TPSA) is 17.0 Å². The molecule has 1 heterocycles. The van der Waals surface area contributed by atoms with E-state index in [1.165, 1.54) is 0 Å². The van der Waals surface area contributed by atoms with E-state index in [0.29, 0.717) is 19.4 Å². The zero-order chi connectivity index (χ0) is 14.6. The standard InChI is InChI=1S/C15H23F3N2/c1-2-9-20-10-5-6-12(20)11-19-14-8-4-3-7-13(14)15(16,17)18/h5-6,10,13-14,19H,2-4,7-9,11H2,1H3. The van der Waals surface area contributed by atoms with Gasteiger partial charge in [-0.05, 0) is 31.4 Å². The monoisotopic (exact) mass is 288 g/mol. The van der Waals surface area contributed by atoms with Crippen molar-refractivity contribution in [1.29, 1.82) is 0 Å². The molecule has 5 heteroatoms. The lowest BCUT2D eigenvalue weighted by Crippen LogP contribution is -2.45. The van der Waals surface area contributed by atoms with E-state index in [0.717, 1.165) is 25.1 Å². The van der Waals surface area contributed by atoms with E-state index >= 15 is 0 Å². The highest BCUT2D eigenvalue weighted by Crippen LogP contribution is 2.37. The fourth-order valence-electron chi connectivity index (χ4n) is 3.07. The Morgan fingerprint density at radius 2 is 2.05 bits per heavy atom. The molecule has 0 bridgehead atoms. The Morgan fingerprint density at radius 1 is 1.30 bits per heavy atom. The normalized spacial score (nSPS) is 24.0. The van der Waals surface area contributed by atoms with Gasteiger partial charge in [0.25, 0.3) is 0 Å². The molecule has 20 heavy (non-hydrogen) atoms. The zero-order valence-corrected chi connectivity index (χ0v) is 11.9. The van der Waals surface area contributed by atoms with Crippen LogP contribution in [0.15, 0.2) is 18.3 Å². The van der Waals surface area contributed by atoms with Crippen molar-refractivity contribution in [1.82, 2.24) is 9.88 Å². The van der Waals surface area contributed by atoms with Crippen molar-refractivity contribution in [3.8, 4) is 0 Å². The number of hydrogen-bond donors (Lipinski definition) is 1. The predicted molar refractivity (Wildman–Crippen MR) is 73.4 cm³/mol. The molecule has 2 atom stereocenters. The average molecular weight is 288 g/mol. The minimum Gasteiger partial charge on any atom is -0.350 e. The molecule has 2 nitrogen and oxygen atoms in total. The van der Waals surface area contributed by atoms with Crippen molar-refractivity contribution >= 4 is 0 Å². The molecular formula is C15H23F3N2. The molecule has 1 saturated carbocycles. The first-order valence-electron chi connectivity index (χ1n) is 7.46. The SMILES string of the molecule is CCCn1cccc1CNC1CCCCC1C(F)(F)F. The largest absolute Gasteiger partial charge is 0.393 e. The molecule has 0 radical (unpaired) electrons. The van der Waals surface area contributed by atoms with Crippen molar-refractivity contribution in [2.75, 3.05) is 0 Å². The van der Waals surface area contributed by atoms with Crippen LogP contribution < -0.4 is 5.32 Å². The zero-order valence-electron chi connectivity index (χ0n) is 11.9. The number of aryl methyl sites for hydroxylation is 1. The first-order valence-corrected chi connectivity index (χ1v) is 7.46. The number of nitrogens with one attached hydrogen (secondary N) is 1. The number of alkyl halides is 3. The summed E-state index contributed by atoms with van der Waals surface area (Å²) in [5.74, 6) is -1.19. The highest BCUT2D eigenvalue weighted by Gasteiger charge is 2.45. The van der Waals surface area contributed by atoms with Gasteiger partial charge in [0.05, 0.1) is 5.92 Å². The number of nitrogens with zero attached hydrogens (tertiary/aromatic N) is 1. The van der Waals surface area contributed by atoms with Gasteiger partial charge in [0.2, 0.25) is 0 Å². The fourth-order valence-corrected chi connectivity index (χ4v) is 3.07. The second kappa shape index (κ2) is 6.66. The second-order valence-electron chi connectivity index (χ2n) is 5.61. The maximum atomic E-state index is 13.0. The van der Waals surface area contributed by atoms with Gasteiger partial charge in [0.1, 0.15) is 0 Å². The van der Waals surface area contributed by atoms with E-state index < -0.39 is 18.1 Å². The number of hydrogen-bond acceptors (Lipinski definition) is 1. The van der Waals surface area contributed by atoms with Crippen LogP contribution in [0.4, 0.5) is 13.2 Å². The van der Waals surface area contributed by atoms with Crippen LogP contribution in [0, 0.1) is 5.92 Å². The van der Waals surface area contributed by atoms with E-state index in [4.69, 9.17) is 0 Å². The Kier molecular flexibility index (Phi) is 5.13. The van der Waals surface area contributed by atoms with Crippen LogP contribution in [0.5, 0.6) is 0 Å². The molecule has 1 aliphatic rings. The van der Waals surface area contributed by atoms with Crippen molar-refractivity contribution in [3.63, 3.8) is 0 Å². The minimum absolute atomic E-state index is 0.261. The third-order valence-corrected chi connectivity index (χ3v) is 4.12. The lowest BCUT2D eigenvalue weighted by Gasteiger charge is -2.33. The summed E-state index contributed by atoms with van der Waals surface area (Å²) in [6.07, 6.45) is 1.40. The van der Waals surface area contributed by atoms with Gasteiger partial charge >= 0.3 is 6.18 Å². The van der Waals surface area contributed by atoms with Crippen LogP contribution >= 0.6 is 0 Å². The molecule has 0 aromatic carbocycles. The van der Waals surface area contributed by atoms with E-state index in [1.807, 2.05) is 18.3 Å². The van der Waals surface area contributed by atoms with Crippen molar-refractivity contribution in [2.24, 2.45) is 5.92 Å². The fraction of sp³-hybridized carbons (Fsp3) is 0.733. The van der Waals surface area contributed by atoms with Gasteiger partial charge in [-0.3, -0.25) is 0 Å². The highest BCUT2D eigenvalue weighted by atomic mass is 19.4. The Balaban J connectivity index is 1.95. The highest BCUT2D eigenvalue weighted by molar-refractivity contribution is 5.07. The minimum atomic E-state index is -4.08. The molecule has 0 aliphatic heterocycles. The molecule has 1 aromatic heterocycles. The van der Waals surface area contributed by atoms with Crippen LogP contribution in [0.3, 0.4) is 0 Å². The number of rotatable bonds is 5. The van der Waals surface area contributed by atoms with Crippen LogP contribution in [0.1, 0.15) is 44.7 Å². The average Bonchev–Trinajstić information content (AvgIpc) is 2.83. The van der Waals surface area contributed by atoms with E-state index in [9.17, 15) is 13.2 Å². The molecule has 0 spiro atoms. The summed E-state index contributed by atoms with van der Waals surface area (Å²) in [6.45, 7) is 3.53. The first-order chi connectivity index (χ1) is 9.52. The van der Waals surface area contributed by atoms with Gasteiger partial charge in [-0.2, -0.15) is 13.2 Å². The Morgan fingerprint density at radius 3 is 2.75 bits per heavy atom. The lowest BCUT2D eigenvalue weighted by atomic mass is 9.84. The molecule has 2 rings (SSSR count). The third-order valence-electron chi connectivity index (χ3n) is 4.12. The molecule has 0 amide bonds. The summed E-state index contributed by atoms with van der Waals surface area (Å²) in [5, 5.41) is 3.14. The van der Waals surface area contributed by atoms with E-state index in [1.54, 1.807) is 0 Å². The Labute approximate surface area is 118 Å². The second-order valence-corrected chi connectivity index (χ2v) is 5.61. The molecule has 114 valence electrons. The molecule has 1 aromatic rings. The molecule has 1 aliphatic carbocycles. The van der Waals surface area contributed by atoms with Gasteiger partial charge in [0, 0.05) is 31.0 Å². The summed E-state index contributed by atoms with van der Waals surface area (Å²) < 4.78 is 41.1. The summed E-state index contributed by atoms with van der Waals surface area (Å²) in [5.41, 5.74) is 1.07. The van der Waals surface area contributed by atoms with Crippen LogP contribution in [-0.2, 0) is 13.1 Å². The number of aromatic nitrogens is 1. The molecule has 0 saturated heterocycles. The Hall–Kier alpha value is -0.970. The van der Waals surface area contributed by atoms with Gasteiger partial charge in [-0.1, -0.05) is 19.8 Å². The van der Waals surface area contributed by atoms with E-state index in [-0.39, 0.29) is 6.42 Å². The van der Waals surface area contributed by atoms with Gasteiger partial charge in [-0.25, -0.2) is 0 Å². The first kappa shape index (κ1) is 15.4. The molecular weight excluding hydrogens is 265 g/mol. The van der Waals surface area contributed by atoms with Crippen LogP contribution in [-0.4, -0.2) is 16.8 Å². The van der Waals surface area contributed by atoms with Crippen molar-refractivity contribution in [3.05, 3.63) is 24.0 Å². The molecule has 1 fully saturated rings. The quantitative estimate of drug-likeness (QED) is 0.863. The van der Waals surface area contributed by atoms with Gasteiger partial charge in [0.15, 0.2) is 0 Å². The van der Waals surface area contributed by atoms with Gasteiger partial charge in [-0.15, -0.1) is 0 Å². The molecule has 2 unspecified atom stereocenters. The van der Waals surface area contributed by atoms with Crippen LogP contribution in [0.2, 0.25) is 0 Å².